The number of rotatable bonds is 5. The molecule has 0 spiro atoms. The van der Waals surface area contributed by atoms with E-state index in [1.165, 1.54) is 61.5 Å². The van der Waals surface area contributed by atoms with Crippen molar-refractivity contribution >= 4 is 27.6 Å². The fraction of sp³-hybridized carbons (Fsp3) is 0.265. The van der Waals surface area contributed by atoms with Crippen LogP contribution < -0.4 is 4.90 Å². The summed E-state index contributed by atoms with van der Waals surface area (Å²) in [6, 6.07) is 13.7. The van der Waals surface area contributed by atoms with Gasteiger partial charge in [-0.25, -0.2) is 9.97 Å². The molecule has 190 valence electrons. The molecule has 0 bridgehead atoms. The van der Waals surface area contributed by atoms with Gasteiger partial charge in [-0.3, -0.25) is 4.98 Å². The second kappa shape index (κ2) is 9.36. The van der Waals surface area contributed by atoms with Gasteiger partial charge in [0.05, 0.1) is 5.52 Å². The number of hydrogen-bond donors (Lipinski definition) is 0. The minimum absolute atomic E-state index is 0.713. The first kappa shape index (κ1) is 24.3. The lowest BCUT2D eigenvalue weighted by atomic mass is 9.82. The molecule has 3 aromatic carbocycles. The summed E-state index contributed by atoms with van der Waals surface area (Å²) in [4.78, 5) is 16.0. The molecule has 0 amide bonds. The van der Waals surface area contributed by atoms with Gasteiger partial charge in [0.15, 0.2) is 0 Å². The van der Waals surface area contributed by atoms with Crippen LogP contribution in [0.1, 0.15) is 41.2 Å². The molecule has 1 aliphatic rings. The van der Waals surface area contributed by atoms with Crippen LogP contribution in [-0.4, -0.2) is 29.0 Å². The van der Waals surface area contributed by atoms with Crippen molar-refractivity contribution in [2.75, 3.05) is 19.0 Å². The number of nitrogens with zero attached hydrogens (tertiary/aromatic N) is 4. The number of fused-ring (bicyclic) bond motifs is 1. The van der Waals surface area contributed by atoms with Crippen molar-refractivity contribution in [1.82, 2.24) is 15.0 Å². The van der Waals surface area contributed by atoms with E-state index < -0.39 is 0 Å². The lowest BCUT2D eigenvalue weighted by Crippen LogP contribution is -2.12. The predicted octanol–water partition coefficient (Wildman–Crippen LogP) is 7.80. The molecule has 38 heavy (non-hydrogen) atoms. The Balaban J connectivity index is 1.64. The number of allylic oxidation sites excluding steroid dienone is 1. The van der Waals surface area contributed by atoms with E-state index in [2.05, 4.69) is 73.7 Å². The molecule has 2 aromatic heterocycles. The maximum atomic E-state index is 4.98. The third kappa shape index (κ3) is 3.96. The van der Waals surface area contributed by atoms with Crippen LogP contribution in [0.15, 0.2) is 67.1 Å². The van der Waals surface area contributed by atoms with Crippen molar-refractivity contribution in [2.45, 2.75) is 46.5 Å². The number of benzene rings is 3. The van der Waals surface area contributed by atoms with Crippen LogP contribution in [0.4, 0.5) is 5.95 Å². The summed E-state index contributed by atoms with van der Waals surface area (Å²) in [7, 11) is 3.92. The lowest BCUT2D eigenvalue weighted by Gasteiger charge is -2.23. The normalized spacial score (nSPS) is 12.8. The average molecular weight is 499 g/mol. The van der Waals surface area contributed by atoms with E-state index in [-0.39, 0.29) is 0 Å². The fourth-order valence-corrected chi connectivity index (χ4v) is 6.14. The summed E-state index contributed by atoms with van der Waals surface area (Å²) < 4.78 is 0. The van der Waals surface area contributed by atoms with Crippen molar-refractivity contribution in [3.63, 3.8) is 0 Å². The highest BCUT2D eigenvalue weighted by molar-refractivity contribution is 6.09. The minimum Gasteiger partial charge on any atom is -0.347 e. The highest BCUT2D eigenvalue weighted by Gasteiger charge is 2.21. The Kier molecular flexibility index (Phi) is 5.98. The lowest BCUT2D eigenvalue weighted by molar-refractivity contribution is 0.806. The third-order valence-corrected chi connectivity index (χ3v) is 7.98. The van der Waals surface area contributed by atoms with Gasteiger partial charge in [-0.2, -0.15) is 0 Å². The van der Waals surface area contributed by atoms with Crippen LogP contribution in [0.5, 0.6) is 0 Å². The van der Waals surface area contributed by atoms with Crippen molar-refractivity contribution in [3.8, 4) is 22.3 Å². The summed E-state index contributed by atoms with van der Waals surface area (Å²) in [6.45, 7) is 10.9. The van der Waals surface area contributed by atoms with Gasteiger partial charge >= 0.3 is 0 Å². The van der Waals surface area contributed by atoms with Crippen LogP contribution in [0.25, 0.3) is 43.9 Å². The highest BCUT2D eigenvalue weighted by atomic mass is 15.2. The second-order valence-electron chi connectivity index (χ2n) is 11.0. The quantitative estimate of drug-likeness (QED) is 0.232. The van der Waals surface area contributed by atoms with E-state index in [0.717, 1.165) is 41.5 Å². The van der Waals surface area contributed by atoms with Gasteiger partial charge in [0, 0.05) is 49.2 Å². The molecule has 0 N–H and O–H groups in total. The molecule has 0 atom stereocenters. The molecule has 0 unspecified atom stereocenters. The van der Waals surface area contributed by atoms with E-state index in [0.29, 0.717) is 5.95 Å². The molecule has 2 heterocycles. The zero-order valence-electron chi connectivity index (χ0n) is 23.0. The summed E-state index contributed by atoms with van der Waals surface area (Å²) in [5.74, 6) is 0.713. The third-order valence-electron chi connectivity index (χ3n) is 7.98. The topological polar surface area (TPSA) is 41.9 Å². The number of aryl methyl sites for hydroxylation is 4. The summed E-state index contributed by atoms with van der Waals surface area (Å²) in [6.07, 6.45) is 10.2. The van der Waals surface area contributed by atoms with Crippen LogP contribution in [0.2, 0.25) is 0 Å². The maximum absolute atomic E-state index is 4.98. The Morgan fingerprint density at radius 1 is 0.895 bits per heavy atom. The molecule has 1 aliphatic carbocycles. The molecular weight excluding hydrogens is 464 g/mol. The Bertz CT molecular complexity index is 1720. The van der Waals surface area contributed by atoms with E-state index in [1.807, 2.05) is 37.6 Å². The Morgan fingerprint density at radius 3 is 2.32 bits per heavy atom. The summed E-state index contributed by atoms with van der Waals surface area (Å²) >= 11 is 0. The van der Waals surface area contributed by atoms with Crippen molar-refractivity contribution in [3.05, 3.63) is 95.0 Å². The highest BCUT2D eigenvalue weighted by Crippen LogP contribution is 2.43. The molecule has 0 radical (unpaired) electrons. The van der Waals surface area contributed by atoms with E-state index >= 15 is 0 Å². The molecule has 4 nitrogen and oxygen atoms in total. The van der Waals surface area contributed by atoms with Crippen LogP contribution in [0, 0.1) is 13.8 Å². The fourth-order valence-electron chi connectivity index (χ4n) is 6.14. The Labute approximate surface area is 225 Å². The van der Waals surface area contributed by atoms with Crippen LogP contribution in [0.3, 0.4) is 0 Å². The van der Waals surface area contributed by atoms with Crippen LogP contribution in [-0.2, 0) is 19.3 Å². The molecule has 5 aromatic rings. The Hall–Kier alpha value is -4.05. The zero-order valence-corrected chi connectivity index (χ0v) is 23.0. The zero-order chi connectivity index (χ0) is 26.6. The first-order valence-electron chi connectivity index (χ1n) is 13.4. The number of anilines is 1. The van der Waals surface area contributed by atoms with Crippen LogP contribution >= 0.6 is 0 Å². The second-order valence-corrected chi connectivity index (χ2v) is 11.0. The van der Waals surface area contributed by atoms with Gasteiger partial charge in [0.1, 0.15) is 0 Å². The van der Waals surface area contributed by atoms with Gasteiger partial charge in [-0.05, 0) is 102 Å². The van der Waals surface area contributed by atoms with E-state index in [9.17, 15) is 0 Å². The standard InChI is InChI=1S/C34H34N4/c1-20(2)16-29-21(3)17-30-22(4)26(25-18-36-34(37-19-25)38(5)6)12-13-27(30)32(29)28-11-10-23-8-7-9-24-14-15-35-33(28)31(23)24/h10-15,17-19H,1,7-9,16H2,2-6H3. The largest absolute Gasteiger partial charge is 0.347 e. The molecule has 0 saturated carbocycles. The maximum Gasteiger partial charge on any atom is 0.224 e. The van der Waals surface area contributed by atoms with Gasteiger partial charge in [0.25, 0.3) is 0 Å². The SMILES string of the molecule is C=C(C)Cc1c(C)cc2c(C)c(-c3cnc(N(C)C)nc3)ccc2c1-c1ccc2c3c(ccnc13)CCC2. The van der Waals surface area contributed by atoms with Crippen molar-refractivity contribution in [2.24, 2.45) is 0 Å². The van der Waals surface area contributed by atoms with Crippen molar-refractivity contribution in [1.29, 1.82) is 0 Å². The van der Waals surface area contributed by atoms with Gasteiger partial charge in [-0.15, -0.1) is 0 Å². The number of hydrogen-bond acceptors (Lipinski definition) is 4. The van der Waals surface area contributed by atoms with E-state index in [4.69, 9.17) is 4.98 Å². The van der Waals surface area contributed by atoms with Gasteiger partial charge < -0.3 is 4.90 Å². The first-order valence-corrected chi connectivity index (χ1v) is 13.4. The molecule has 0 saturated heterocycles. The molecule has 0 fully saturated rings. The Morgan fingerprint density at radius 2 is 1.61 bits per heavy atom. The summed E-state index contributed by atoms with van der Waals surface area (Å²) in [5.41, 5.74) is 13.7. The monoisotopic (exact) mass is 498 g/mol. The molecule has 0 aliphatic heterocycles. The average Bonchev–Trinajstić information content (AvgIpc) is 2.91. The first-order chi connectivity index (χ1) is 18.3. The molecule has 4 heteroatoms. The van der Waals surface area contributed by atoms with Gasteiger partial charge in [0.2, 0.25) is 5.95 Å². The molecular formula is C34H34N4. The van der Waals surface area contributed by atoms with E-state index in [1.54, 1.807) is 0 Å². The number of pyridine rings is 1. The van der Waals surface area contributed by atoms with Crippen molar-refractivity contribution < 1.29 is 0 Å². The molecule has 6 rings (SSSR count). The minimum atomic E-state index is 0.713. The van der Waals surface area contributed by atoms with Gasteiger partial charge in [-0.1, -0.05) is 42.5 Å². The number of aromatic nitrogens is 3. The predicted molar refractivity (Wildman–Crippen MR) is 160 cm³/mol. The summed E-state index contributed by atoms with van der Waals surface area (Å²) in [5, 5.41) is 3.88. The smallest absolute Gasteiger partial charge is 0.224 e.